The van der Waals surface area contributed by atoms with Crippen LogP contribution in [0.3, 0.4) is 0 Å². The van der Waals surface area contributed by atoms with E-state index in [1.807, 2.05) is 0 Å². The maximum absolute atomic E-state index is 11.7. The summed E-state index contributed by atoms with van der Waals surface area (Å²) < 4.78 is 0. The summed E-state index contributed by atoms with van der Waals surface area (Å²) in [5, 5.41) is 17.3. The lowest BCUT2D eigenvalue weighted by Gasteiger charge is -2.38. The molecule has 6 nitrogen and oxygen atoms in total. The lowest BCUT2D eigenvalue weighted by Crippen LogP contribution is -2.58. The van der Waals surface area contributed by atoms with Crippen LogP contribution in [0.5, 0.6) is 0 Å². The number of aliphatic hydroxyl groups is 1. The van der Waals surface area contributed by atoms with E-state index in [-0.39, 0.29) is 18.1 Å². The summed E-state index contributed by atoms with van der Waals surface area (Å²) in [5.74, 6) is -0.382. The Balaban J connectivity index is 2.53. The Hall–Kier alpha value is -1.14. The number of imide groups is 1. The molecule has 1 rings (SSSR count). The SMILES string of the molecule is CNC(=O)NC(=O)C(C)NC1(CO)CCCCC1. The van der Waals surface area contributed by atoms with E-state index in [2.05, 4.69) is 16.0 Å². The van der Waals surface area contributed by atoms with Gasteiger partial charge in [-0.3, -0.25) is 15.4 Å². The molecule has 0 heterocycles. The summed E-state index contributed by atoms with van der Waals surface area (Å²) in [5.41, 5.74) is -0.377. The molecule has 0 spiro atoms. The van der Waals surface area contributed by atoms with E-state index in [0.717, 1.165) is 25.7 Å². The van der Waals surface area contributed by atoms with Gasteiger partial charge in [-0.05, 0) is 19.8 Å². The molecule has 104 valence electrons. The Bertz CT molecular complexity index is 301. The van der Waals surface area contributed by atoms with Crippen molar-refractivity contribution >= 4 is 11.9 Å². The molecule has 1 unspecified atom stereocenters. The average Bonchev–Trinajstić information content (AvgIpc) is 2.39. The van der Waals surface area contributed by atoms with Gasteiger partial charge in [0.15, 0.2) is 0 Å². The molecule has 0 radical (unpaired) electrons. The number of amides is 3. The van der Waals surface area contributed by atoms with E-state index >= 15 is 0 Å². The zero-order valence-corrected chi connectivity index (χ0v) is 11.1. The molecular formula is C12H23N3O3. The zero-order chi connectivity index (χ0) is 13.6. The van der Waals surface area contributed by atoms with Crippen molar-refractivity contribution in [3.05, 3.63) is 0 Å². The standard InChI is InChI=1S/C12H23N3O3/c1-9(10(17)14-11(18)13-2)15-12(8-16)6-4-3-5-7-12/h9,15-16H,3-8H2,1-2H3,(H2,13,14,17,18). The highest BCUT2D eigenvalue weighted by Crippen LogP contribution is 2.28. The first-order valence-electron chi connectivity index (χ1n) is 6.44. The van der Waals surface area contributed by atoms with Gasteiger partial charge in [0.05, 0.1) is 12.6 Å². The predicted molar refractivity (Wildman–Crippen MR) is 68.1 cm³/mol. The lowest BCUT2D eigenvalue weighted by atomic mass is 9.82. The van der Waals surface area contributed by atoms with E-state index in [1.54, 1.807) is 6.92 Å². The molecule has 1 saturated carbocycles. The van der Waals surface area contributed by atoms with Crippen molar-refractivity contribution in [3.8, 4) is 0 Å². The Morgan fingerprint density at radius 3 is 2.39 bits per heavy atom. The molecule has 6 heteroatoms. The van der Waals surface area contributed by atoms with Crippen LogP contribution < -0.4 is 16.0 Å². The van der Waals surface area contributed by atoms with Crippen molar-refractivity contribution in [3.63, 3.8) is 0 Å². The highest BCUT2D eigenvalue weighted by molar-refractivity contribution is 5.96. The van der Waals surface area contributed by atoms with Gasteiger partial charge in [0.25, 0.3) is 0 Å². The smallest absolute Gasteiger partial charge is 0.321 e. The third-order valence-corrected chi connectivity index (χ3v) is 3.49. The summed E-state index contributed by atoms with van der Waals surface area (Å²) in [7, 11) is 1.46. The minimum Gasteiger partial charge on any atom is -0.394 e. The van der Waals surface area contributed by atoms with E-state index < -0.39 is 12.1 Å². The number of carbonyl (C=O) groups is 2. The monoisotopic (exact) mass is 257 g/mol. The molecule has 0 aromatic carbocycles. The Labute approximate surface area is 108 Å². The second kappa shape index (κ2) is 6.70. The van der Waals surface area contributed by atoms with Crippen LogP contribution in [0.15, 0.2) is 0 Å². The molecule has 4 N–H and O–H groups in total. The largest absolute Gasteiger partial charge is 0.394 e. The zero-order valence-electron chi connectivity index (χ0n) is 11.1. The van der Waals surface area contributed by atoms with Crippen LogP contribution in [0, 0.1) is 0 Å². The Kier molecular flexibility index (Phi) is 5.55. The van der Waals surface area contributed by atoms with E-state index in [9.17, 15) is 14.7 Å². The number of carbonyl (C=O) groups excluding carboxylic acids is 2. The maximum Gasteiger partial charge on any atom is 0.321 e. The molecule has 1 atom stereocenters. The van der Waals surface area contributed by atoms with Gasteiger partial charge in [0, 0.05) is 12.6 Å². The third kappa shape index (κ3) is 3.96. The van der Waals surface area contributed by atoms with Crippen molar-refractivity contribution in [2.75, 3.05) is 13.7 Å². The van der Waals surface area contributed by atoms with E-state index in [0.29, 0.717) is 0 Å². The summed E-state index contributed by atoms with van der Waals surface area (Å²) in [6.45, 7) is 1.72. The second-order valence-electron chi connectivity index (χ2n) is 4.93. The summed E-state index contributed by atoms with van der Waals surface area (Å²) in [6, 6.07) is -1.03. The van der Waals surface area contributed by atoms with Crippen LogP contribution in [0.25, 0.3) is 0 Å². The van der Waals surface area contributed by atoms with Crippen LogP contribution in [0.1, 0.15) is 39.0 Å². The lowest BCUT2D eigenvalue weighted by molar-refractivity contribution is -0.122. The summed E-state index contributed by atoms with van der Waals surface area (Å²) >= 11 is 0. The van der Waals surface area contributed by atoms with Crippen LogP contribution >= 0.6 is 0 Å². The quantitative estimate of drug-likeness (QED) is 0.575. The molecule has 0 bridgehead atoms. The fraction of sp³-hybridized carbons (Fsp3) is 0.833. The number of rotatable bonds is 4. The minimum absolute atomic E-state index is 0.0184. The van der Waals surface area contributed by atoms with Crippen LogP contribution in [0.2, 0.25) is 0 Å². The second-order valence-corrected chi connectivity index (χ2v) is 4.93. The first kappa shape index (κ1) is 14.9. The fourth-order valence-electron chi connectivity index (χ4n) is 2.38. The Morgan fingerprint density at radius 2 is 1.89 bits per heavy atom. The van der Waals surface area contributed by atoms with Crippen molar-refractivity contribution in [2.45, 2.75) is 50.6 Å². The fourth-order valence-corrected chi connectivity index (χ4v) is 2.38. The maximum atomic E-state index is 11.7. The van der Waals surface area contributed by atoms with Crippen LogP contribution in [0.4, 0.5) is 4.79 Å². The van der Waals surface area contributed by atoms with Gasteiger partial charge < -0.3 is 10.4 Å². The van der Waals surface area contributed by atoms with Gasteiger partial charge >= 0.3 is 6.03 Å². The molecule has 1 aliphatic rings. The van der Waals surface area contributed by atoms with Crippen molar-refractivity contribution in [1.29, 1.82) is 0 Å². The molecule has 0 aliphatic heterocycles. The van der Waals surface area contributed by atoms with Crippen molar-refractivity contribution < 1.29 is 14.7 Å². The van der Waals surface area contributed by atoms with Gasteiger partial charge in [-0.1, -0.05) is 19.3 Å². The highest BCUT2D eigenvalue weighted by atomic mass is 16.3. The van der Waals surface area contributed by atoms with Gasteiger partial charge in [-0.2, -0.15) is 0 Å². The molecule has 0 aromatic rings. The molecule has 0 saturated heterocycles. The molecule has 1 aliphatic carbocycles. The predicted octanol–water partition coefficient (Wildman–Crippen LogP) is 0.115. The van der Waals surface area contributed by atoms with Crippen molar-refractivity contribution in [1.82, 2.24) is 16.0 Å². The number of nitrogens with one attached hydrogen (secondary N) is 3. The van der Waals surface area contributed by atoms with E-state index in [4.69, 9.17) is 0 Å². The third-order valence-electron chi connectivity index (χ3n) is 3.49. The highest BCUT2D eigenvalue weighted by Gasteiger charge is 2.34. The number of hydrogen-bond acceptors (Lipinski definition) is 4. The normalized spacial score (nSPS) is 19.9. The molecule has 18 heavy (non-hydrogen) atoms. The number of urea groups is 1. The molecule has 3 amide bonds. The Morgan fingerprint density at radius 1 is 1.28 bits per heavy atom. The van der Waals surface area contributed by atoms with Gasteiger partial charge in [-0.15, -0.1) is 0 Å². The molecule has 1 fully saturated rings. The summed E-state index contributed by atoms with van der Waals surface area (Å²) in [6.07, 6.45) is 5.00. The van der Waals surface area contributed by atoms with Gasteiger partial charge in [-0.25, -0.2) is 4.79 Å². The van der Waals surface area contributed by atoms with Gasteiger partial charge in [0.1, 0.15) is 0 Å². The average molecular weight is 257 g/mol. The van der Waals surface area contributed by atoms with Gasteiger partial charge in [0.2, 0.25) is 5.91 Å². The minimum atomic E-state index is -0.518. The topological polar surface area (TPSA) is 90.5 Å². The molecule has 0 aromatic heterocycles. The van der Waals surface area contributed by atoms with E-state index in [1.165, 1.54) is 13.5 Å². The van der Waals surface area contributed by atoms with Crippen LogP contribution in [-0.4, -0.2) is 42.3 Å². The first-order valence-corrected chi connectivity index (χ1v) is 6.44. The number of aliphatic hydroxyl groups excluding tert-OH is 1. The van der Waals surface area contributed by atoms with Crippen molar-refractivity contribution in [2.24, 2.45) is 0 Å². The first-order chi connectivity index (χ1) is 8.53. The number of hydrogen-bond donors (Lipinski definition) is 4. The summed E-state index contributed by atoms with van der Waals surface area (Å²) in [4.78, 5) is 22.8. The molecular weight excluding hydrogens is 234 g/mol. The van der Waals surface area contributed by atoms with Crippen LogP contribution in [-0.2, 0) is 4.79 Å².